The van der Waals surface area contributed by atoms with Crippen molar-refractivity contribution in [2.24, 2.45) is 0 Å². The molecule has 0 radical (unpaired) electrons. The van der Waals surface area contributed by atoms with Gasteiger partial charge >= 0.3 is 0 Å². The summed E-state index contributed by atoms with van der Waals surface area (Å²) in [4.78, 5) is 8.47. The number of nitrogens with zero attached hydrogens (tertiary/aromatic N) is 2. The minimum atomic E-state index is 0.320. The zero-order valence-corrected chi connectivity index (χ0v) is 12.9. The van der Waals surface area contributed by atoms with Crippen LogP contribution >= 0.6 is 15.9 Å². The molecule has 0 saturated carbocycles. The van der Waals surface area contributed by atoms with E-state index in [-0.39, 0.29) is 0 Å². The first-order chi connectivity index (χ1) is 9.76. The lowest BCUT2D eigenvalue weighted by molar-refractivity contribution is 0.268. The second kappa shape index (κ2) is 7.09. The van der Waals surface area contributed by atoms with Gasteiger partial charge in [-0.1, -0.05) is 15.9 Å². The SMILES string of the molecule is COc1ccc(COc2ncc(CBr)cc2OC)nc1. The Morgan fingerprint density at radius 3 is 2.55 bits per heavy atom. The summed E-state index contributed by atoms with van der Waals surface area (Å²) in [6.45, 7) is 0.320. The number of alkyl halides is 1. The van der Waals surface area contributed by atoms with Gasteiger partial charge in [-0.15, -0.1) is 0 Å². The summed E-state index contributed by atoms with van der Waals surface area (Å²) in [6, 6.07) is 5.57. The average Bonchev–Trinajstić information content (AvgIpc) is 2.53. The van der Waals surface area contributed by atoms with Gasteiger partial charge in [0.05, 0.1) is 26.1 Å². The molecule has 106 valence electrons. The molecular weight excluding hydrogens is 324 g/mol. The highest BCUT2D eigenvalue weighted by molar-refractivity contribution is 9.08. The number of aromatic nitrogens is 2. The molecule has 0 amide bonds. The summed E-state index contributed by atoms with van der Waals surface area (Å²) >= 11 is 3.38. The van der Waals surface area contributed by atoms with E-state index in [1.165, 1.54) is 0 Å². The monoisotopic (exact) mass is 338 g/mol. The van der Waals surface area contributed by atoms with Gasteiger partial charge in [0, 0.05) is 11.5 Å². The van der Waals surface area contributed by atoms with Crippen LogP contribution in [0, 0.1) is 0 Å². The number of rotatable bonds is 6. The zero-order chi connectivity index (χ0) is 14.4. The van der Waals surface area contributed by atoms with Gasteiger partial charge in [0.15, 0.2) is 5.75 Å². The molecule has 0 fully saturated rings. The van der Waals surface area contributed by atoms with Crippen molar-refractivity contribution in [2.75, 3.05) is 14.2 Å². The summed E-state index contributed by atoms with van der Waals surface area (Å²) in [5.41, 5.74) is 1.82. The van der Waals surface area contributed by atoms with E-state index in [9.17, 15) is 0 Å². The summed E-state index contributed by atoms with van der Waals surface area (Å²) in [5.74, 6) is 1.77. The third-order valence-electron chi connectivity index (χ3n) is 2.64. The number of hydrogen-bond acceptors (Lipinski definition) is 5. The predicted octanol–water partition coefficient (Wildman–Crippen LogP) is 2.97. The van der Waals surface area contributed by atoms with Crippen LogP contribution in [0.3, 0.4) is 0 Å². The highest BCUT2D eigenvalue weighted by atomic mass is 79.9. The van der Waals surface area contributed by atoms with Gasteiger partial charge in [0.2, 0.25) is 0 Å². The van der Waals surface area contributed by atoms with E-state index in [1.807, 2.05) is 18.2 Å². The maximum absolute atomic E-state index is 5.63. The van der Waals surface area contributed by atoms with Crippen LogP contribution in [0.4, 0.5) is 0 Å². The van der Waals surface area contributed by atoms with Crippen molar-refractivity contribution in [3.8, 4) is 17.4 Å². The third-order valence-corrected chi connectivity index (χ3v) is 3.29. The zero-order valence-electron chi connectivity index (χ0n) is 11.3. The predicted molar refractivity (Wildman–Crippen MR) is 78.5 cm³/mol. The van der Waals surface area contributed by atoms with Crippen molar-refractivity contribution in [1.29, 1.82) is 0 Å². The van der Waals surface area contributed by atoms with Crippen molar-refractivity contribution in [3.05, 3.63) is 41.9 Å². The molecule has 0 atom stereocenters. The van der Waals surface area contributed by atoms with E-state index in [4.69, 9.17) is 14.2 Å². The molecule has 0 aliphatic carbocycles. The molecule has 2 aromatic rings. The molecule has 5 nitrogen and oxygen atoms in total. The maximum Gasteiger partial charge on any atom is 0.257 e. The van der Waals surface area contributed by atoms with Crippen molar-refractivity contribution < 1.29 is 14.2 Å². The molecule has 2 heterocycles. The molecule has 0 N–H and O–H groups in total. The van der Waals surface area contributed by atoms with Gasteiger partial charge in [-0.3, -0.25) is 4.98 Å². The molecule has 20 heavy (non-hydrogen) atoms. The van der Waals surface area contributed by atoms with Crippen LogP contribution in [0.1, 0.15) is 11.3 Å². The van der Waals surface area contributed by atoms with Gasteiger partial charge in [-0.25, -0.2) is 4.98 Å². The molecule has 0 saturated heterocycles. The van der Waals surface area contributed by atoms with Crippen molar-refractivity contribution in [2.45, 2.75) is 11.9 Å². The fourth-order valence-corrected chi connectivity index (χ4v) is 1.87. The Morgan fingerprint density at radius 2 is 1.95 bits per heavy atom. The molecule has 0 spiro atoms. The second-order valence-corrected chi connectivity index (χ2v) is 4.52. The number of hydrogen-bond donors (Lipinski definition) is 0. The Bertz CT molecular complexity index is 561. The molecule has 6 heteroatoms. The Balaban J connectivity index is 2.05. The third kappa shape index (κ3) is 3.60. The molecular formula is C14H15BrN2O3. The van der Waals surface area contributed by atoms with E-state index in [1.54, 1.807) is 26.6 Å². The van der Waals surface area contributed by atoms with Crippen LogP contribution < -0.4 is 14.2 Å². The van der Waals surface area contributed by atoms with Gasteiger partial charge in [0.1, 0.15) is 12.4 Å². The number of ether oxygens (including phenoxy) is 3. The molecule has 0 aliphatic heterocycles. The second-order valence-electron chi connectivity index (χ2n) is 3.96. The van der Waals surface area contributed by atoms with E-state index in [0.29, 0.717) is 24.0 Å². The van der Waals surface area contributed by atoms with Crippen LogP contribution in [0.15, 0.2) is 30.6 Å². The minimum absolute atomic E-state index is 0.320. The Labute approximate surface area is 126 Å². The first kappa shape index (κ1) is 14.6. The lowest BCUT2D eigenvalue weighted by Crippen LogP contribution is -2.02. The topological polar surface area (TPSA) is 53.5 Å². The van der Waals surface area contributed by atoms with E-state index < -0.39 is 0 Å². The quantitative estimate of drug-likeness (QED) is 0.758. The lowest BCUT2D eigenvalue weighted by Gasteiger charge is -2.10. The van der Waals surface area contributed by atoms with Gasteiger partial charge in [-0.2, -0.15) is 0 Å². The first-order valence-corrected chi connectivity index (χ1v) is 7.09. The average molecular weight is 339 g/mol. The summed E-state index contributed by atoms with van der Waals surface area (Å²) in [6.07, 6.45) is 3.39. The summed E-state index contributed by atoms with van der Waals surface area (Å²) < 4.78 is 16.0. The lowest BCUT2D eigenvalue weighted by atomic mass is 10.3. The Morgan fingerprint density at radius 1 is 1.10 bits per heavy atom. The standard InChI is InChI=1S/C14H15BrN2O3/c1-18-12-4-3-11(16-8-12)9-20-14-13(19-2)5-10(6-15)7-17-14/h3-5,7-8H,6,9H2,1-2H3. The van der Waals surface area contributed by atoms with Crippen molar-refractivity contribution in [3.63, 3.8) is 0 Å². The Hall–Kier alpha value is -1.82. The number of methoxy groups -OCH3 is 2. The highest BCUT2D eigenvalue weighted by Crippen LogP contribution is 2.26. The van der Waals surface area contributed by atoms with Crippen LogP contribution in [-0.4, -0.2) is 24.2 Å². The molecule has 0 aliphatic rings. The highest BCUT2D eigenvalue weighted by Gasteiger charge is 2.08. The molecule has 2 rings (SSSR count). The smallest absolute Gasteiger partial charge is 0.257 e. The maximum atomic E-state index is 5.63. The number of halogens is 1. The normalized spacial score (nSPS) is 10.2. The molecule has 0 unspecified atom stereocenters. The van der Waals surface area contributed by atoms with Crippen LogP contribution in [-0.2, 0) is 11.9 Å². The van der Waals surface area contributed by atoms with Crippen molar-refractivity contribution >= 4 is 15.9 Å². The summed E-state index contributed by atoms with van der Waals surface area (Å²) in [5, 5.41) is 0.719. The van der Waals surface area contributed by atoms with Crippen LogP contribution in [0.2, 0.25) is 0 Å². The molecule has 2 aromatic heterocycles. The number of pyridine rings is 2. The summed E-state index contributed by atoms with van der Waals surface area (Å²) in [7, 11) is 3.20. The van der Waals surface area contributed by atoms with Crippen LogP contribution in [0.25, 0.3) is 0 Å². The van der Waals surface area contributed by atoms with Crippen LogP contribution in [0.5, 0.6) is 17.4 Å². The van der Waals surface area contributed by atoms with Gasteiger partial charge in [0.25, 0.3) is 5.88 Å². The Kier molecular flexibility index (Phi) is 5.17. The molecule has 0 aromatic carbocycles. The van der Waals surface area contributed by atoms with Crippen molar-refractivity contribution in [1.82, 2.24) is 9.97 Å². The molecule has 0 bridgehead atoms. The van der Waals surface area contributed by atoms with Gasteiger partial charge in [-0.05, 0) is 23.8 Å². The minimum Gasteiger partial charge on any atom is -0.495 e. The first-order valence-electron chi connectivity index (χ1n) is 5.97. The van der Waals surface area contributed by atoms with E-state index >= 15 is 0 Å². The largest absolute Gasteiger partial charge is 0.495 e. The van der Waals surface area contributed by atoms with E-state index in [0.717, 1.165) is 16.6 Å². The fourth-order valence-electron chi connectivity index (χ4n) is 1.56. The van der Waals surface area contributed by atoms with Gasteiger partial charge < -0.3 is 14.2 Å². The fraction of sp³-hybridized carbons (Fsp3) is 0.286. The van der Waals surface area contributed by atoms with E-state index in [2.05, 4.69) is 25.9 Å².